The molecule has 198 valence electrons. The molecule has 0 bridgehead atoms. The zero-order valence-electron chi connectivity index (χ0n) is 21.6. The Morgan fingerprint density at radius 3 is 2.63 bits per heavy atom. The molecule has 0 radical (unpaired) electrons. The van der Waals surface area contributed by atoms with Gasteiger partial charge in [-0.05, 0) is 51.3 Å². The fourth-order valence-corrected chi connectivity index (χ4v) is 4.43. The van der Waals surface area contributed by atoms with E-state index in [1.807, 2.05) is 26.2 Å². The number of rotatable bonds is 10. The van der Waals surface area contributed by atoms with Crippen LogP contribution in [0.25, 0.3) is 0 Å². The second kappa shape index (κ2) is 14.3. The third-order valence-electron chi connectivity index (χ3n) is 5.05. The van der Waals surface area contributed by atoms with Gasteiger partial charge < -0.3 is 20.1 Å². The van der Waals surface area contributed by atoms with Gasteiger partial charge in [0.05, 0.1) is 12.8 Å². The van der Waals surface area contributed by atoms with Crippen molar-refractivity contribution < 1.29 is 19.1 Å². The number of hydrogen-bond donors (Lipinski definition) is 2. The molecule has 0 saturated carbocycles. The molecule has 1 atom stereocenters. The second-order valence-corrected chi connectivity index (χ2v) is 9.59. The molecule has 2 heterocycles. The number of anilines is 1. The first-order valence-corrected chi connectivity index (χ1v) is 13.8. The molecule has 2 amide bonds. The molecule has 2 N–H and O–H groups in total. The topological polar surface area (TPSA) is 115 Å². The molecule has 0 saturated heterocycles. The number of amides is 2. The van der Waals surface area contributed by atoms with E-state index in [0.717, 1.165) is 0 Å². The number of hydrogen-bond acceptors (Lipinski definition) is 9. The van der Waals surface area contributed by atoms with Crippen molar-refractivity contribution in [3.63, 3.8) is 0 Å². The molecular weight excluding hydrogens is 522 g/mol. The number of thiazole rings is 1. The molecule has 9 nitrogen and oxygen atoms in total. The first-order valence-electron chi connectivity index (χ1n) is 11.7. The normalized spacial score (nSPS) is 12.6. The molecule has 0 spiro atoms. The lowest BCUT2D eigenvalue weighted by molar-refractivity contribution is 0.0967. The Morgan fingerprint density at radius 2 is 1.97 bits per heavy atom. The molecule has 0 aliphatic heterocycles. The Morgan fingerprint density at radius 1 is 1.18 bits per heavy atom. The highest BCUT2D eigenvalue weighted by atomic mass is 32.2. The van der Waals surface area contributed by atoms with Gasteiger partial charge in [-0.2, -0.15) is 0 Å². The maximum Gasteiger partial charge on any atom is 0.275 e. The number of ether oxygens (including phenoxy) is 2. The van der Waals surface area contributed by atoms with E-state index in [9.17, 15) is 9.59 Å². The number of carbonyl (C=O) groups is 2. The van der Waals surface area contributed by atoms with Gasteiger partial charge in [-0.15, -0.1) is 17.3 Å². The Labute approximate surface area is 230 Å². The highest BCUT2D eigenvalue weighted by molar-refractivity contribution is 8.13. The third kappa shape index (κ3) is 8.14. The van der Waals surface area contributed by atoms with Crippen LogP contribution in [0.2, 0.25) is 0 Å². The van der Waals surface area contributed by atoms with Crippen molar-refractivity contribution in [3.8, 4) is 17.6 Å². The Hall–Kier alpha value is -3.72. The van der Waals surface area contributed by atoms with Crippen LogP contribution < -0.4 is 15.4 Å². The van der Waals surface area contributed by atoms with Gasteiger partial charge in [0.15, 0.2) is 5.17 Å². The lowest BCUT2D eigenvalue weighted by Crippen LogP contribution is -2.34. The third-order valence-corrected chi connectivity index (χ3v) is 6.72. The van der Waals surface area contributed by atoms with Crippen molar-refractivity contribution in [2.45, 2.75) is 26.3 Å². The number of pyridine rings is 1. The summed E-state index contributed by atoms with van der Waals surface area (Å²) in [6.45, 7) is 6.48. The van der Waals surface area contributed by atoms with Crippen molar-refractivity contribution in [2.24, 2.45) is 4.99 Å². The molecule has 1 aromatic carbocycles. The first-order chi connectivity index (χ1) is 18.4. The maximum atomic E-state index is 12.7. The predicted octanol–water partition coefficient (Wildman–Crippen LogP) is 4.59. The van der Waals surface area contributed by atoms with E-state index in [0.29, 0.717) is 33.9 Å². The minimum absolute atomic E-state index is 0.219. The number of aromatic nitrogens is 2. The summed E-state index contributed by atoms with van der Waals surface area (Å²) in [6, 6.07) is 12.2. The fraction of sp³-hybridized carbons (Fsp3) is 0.296. The molecule has 3 rings (SSSR count). The average Bonchev–Trinajstić information content (AvgIpc) is 3.42. The lowest BCUT2D eigenvalue weighted by Gasteiger charge is -2.24. The van der Waals surface area contributed by atoms with E-state index < -0.39 is 11.4 Å². The van der Waals surface area contributed by atoms with Crippen LogP contribution in [0.4, 0.5) is 5.82 Å². The van der Waals surface area contributed by atoms with E-state index in [1.165, 1.54) is 29.3 Å². The number of thioether (sulfide) groups is 1. The van der Waals surface area contributed by atoms with E-state index in [1.54, 1.807) is 48.7 Å². The number of nitrogens with zero attached hydrogens (tertiary/aromatic N) is 3. The zero-order chi connectivity index (χ0) is 27.4. The van der Waals surface area contributed by atoms with Crippen LogP contribution >= 0.6 is 23.1 Å². The van der Waals surface area contributed by atoms with Crippen LogP contribution in [-0.4, -0.2) is 53.0 Å². The number of carbonyl (C=O) groups excluding carboxylic acids is 2. The first kappa shape index (κ1) is 28.8. The van der Waals surface area contributed by atoms with Gasteiger partial charge in [0.2, 0.25) is 0 Å². The van der Waals surface area contributed by atoms with Crippen LogP contribution in [0, 0.1) is 11.8 Å². The molecule has 38 heavy (non-hydrogen) atoms. The molecule has 0 fully saturated rings. The summed E-state index contributed by atoms with van der Waals surface area (Å²) >= 11 is 2.65. The van der Waals surface area contributed by atoms with Crippen LogP contribution in [0.1, 0.15) is 46.6 Å². The van der Waals surface area contributed by atoms with Crippen LogP contribution in [-0.2, 0) is 10.3 Å². The van der Waals surface area contributed by atoms with Crippen LogP contribution in [0.5, 0.6) is 5.75 Å². The van der Waals surface area contributed by atoms with Crippen molar-refractivity contribution in [1.82, 2.24) is 15.3 Å². The Bertz CT molecular complexity index is 1320. The number of aliphatic imine (C=N–C) groups is 1. The van der Waals surface area contributed by atoms with E-state index >= 15 is 0 Å². The van der Waals surface area contributed by atoms with Gasteiger partial charge in [-0.3, -0.25) is 9.59 Å². The second-order valence-electron chi connectivity index (χ2n) is 7.94. The lowest BCUT2D eigenvalue weighted by atomic mass is 10.1. The molecule has 0 aliphatic rings. The quantitative estimate of drug-likeness (QED) is 0.215. The minimum atomic E-state index is -0.898. The summed E-state index contributed by atoms with van der Waals surface area (Å²) in [5.41, 5.74) is -0.148. The molecule has 0 aliphatic carbocycles. The van der Waals surface area contributed by atoms with Gasteiger partial charge in [0.1, 0.15) is 34.4 Å². The highest BCUT2D eigenvalue weighted by Crippen LogP contribution is 2.31. The summed E-state index contributed by atoms with van der Waals surface area (Å²) in [6.07, 6.45) is 3.31. The fourth-order valence-electron chi connectivity index (χ4n) is 3.10. The van der Waals surface area contributed by atoms with E-state index in [-0.39, 0.29) is 24.8 Å². The Kier molecular flexibility index (Phi) is 10.8. The van der Waals surface area contributed by atoms with Crippen molar-refractivity contribution in [3.05, 3.63) is 70.3 Å². The Balaban J connectivity index is 1.75. The molecular formula is C27H29N5O4S2. The summed E-state index contributed by atoms with van der Waals surface area (Å²) in [5.74, 6) is 5.77. The van der Waals surface area contributed by atoms with Crippen molar-refractivity contribution in [1.29, 1.82) is 0 Å². The summed E-state index contributed by atoms with van der Waals surface area (Å²) < 4.78 is 11.1. The molecule has 11 heteroatoms. The zero-order valence-corrected chi connectivity index (χ0v) is 23.2. The minimum Gasteiger partial charge on any atom is -0.479 e. The van der Waals surface area contributed by atoms with Gasteiger partial charge in [0.25, 0.3) is 11.8 Å². The van der Waals surface area contributed by atoms with Gasteiger partial charge in [0, 0.05) is 17.6 Å². The molecule has 3 aromatic rings. The van der Waals surface area contributed by atoms with Gasteiger partial charge >= 0.3 is 0 Å². The summed E-state index contributed by atoms with van der Waals surface area (Å²) in [4.78, 5) is 39.0. The summed E-state index contributed by atoms with van der Waals surface area (Å²) in [7, 11) is 0. The van der Waals surface area contributed by atoms with Crippen LogP contribution in [0.3, 0.4) is 0 Å². The van der Waals surface area contributed by atoms with Crippen molar-refractivity contribution in [2.75, 3.05) is 31.4 Å². The van der Waals surface area contributed by atoms with Gasteiger partial charge in [-0.1, -0.05) is 35.9 Å². The summed E-state index contributed by atoms with van der Waals surface area (Å²) in [5, 5.41) is 8.42. The largest absolute Gasteiger partial charge is 0.479 e. The molecule has 2 aromatic heterocycles. The monoisotopic (exact) mass is 551 g/mol. The maximum absolute atomic E-state index is 12.7. The SMILES string of the molecule is CC#CCOc1ccc(C(=O)Nc2csc([C@@](C)(COCC)N=C(NC(=O)c3ccccc3)SC)n2)nc1. The van der Waals surface area contributed by atoms with Gasteiger partial charge in [-0.25, -0.2) is 15.0 Å². The smallest absolute Gasteiger partial charge is 0.275 e. The predicted molar refractivity (Wildman–Crippen MR) is 152 cm³/mol. The number of amidine groups is 1. The standard InChI is InChI=1S/C27H29N5O4S2/c1-5-7-15-36-20-13-14-21(28-16-20)24(34)29-22-17-38-25(30-22)27(3,18-35-6-2)32-26(37-4)31-23(33)19-11-9-8-10-12-19/h8-14,16-17H,6,15,18H2,1-4H3,(H,29,34)(H,31,32,33)/t27-/m1/s1. The average molecular weight is 552 g/mol. The van der Waals surface area contributed by atoms with Crippen molar-refractivity contribution >= 4 is 45.9 Å². The van der Waals surface area contributed by atoms with Crippen LogP contribution in [0.15, 0.2) is 59.0 Å². The molecule has 0 unspecified atom stereocenters. The highest BCUT2D eigenvalue weighted by Gasteiger charge is 2.31. The number of benzene rings is 1. The number of nitrogens with one attached hydrogen (secondary N) is 2. The van der Waals surface area contributed by atoms with E-state index in [4.69, 9.17) is 14.5 Å². The van der Waals surface area contributed by atoms with E-state index in [2.05, 4.69) is 32.4 Å².